The highest BCUT2D eigenvalue weighted by Crippen LogP contribution is 2.37. The number of hydrogen-bond donors (Lipinski definition) is 1. The van der Waals surface area contributed by atoms with E-state index in [4.69, 9.17) is 15.0 Å². The summed E-state index contributed by atoms with van der Waals surface area (Å²) in [6.07, 6.45) is 19.2. The van der Waals surface area contributed by atoms with E-state index in [0.29, 0.717) is 18.1 Å². The number of hydrogen-bond acceptors (Lipinski definition) is 6. The van der Waals surface area contributed by atoms with Crippen LogP contribution in [-0.2, 0) is 10.5 Å². The minimum Gasteiger partial charge on any atom is -0.398 e. The van der Waals surface area contributed by atoms with Crippen LogP contribution in [0.2, 0.25) is 0 Å². The van der Waals surface area contributed by atoms with Gasteiger partial charge in [0.2, 0.25) is 0 Å². The maximum absolute atomic E-state index is 6.18. The Balaban J connectivity index is 0.000000275. The average molecular weight is 544 g/mol. The highest BCUT2D eigenvalue weighted by Gasteiger charge is 2.25. The van der Waals surface area contributed by atoms with Crippen molar-refractivity contribution in [2.45, 2.75) is 137 Å². The molecule has 0 aromatic carbocycles. The predicted molar refractivity (Wildman–Crippen MR) is 165 cm³/mol. The minimum absolute atomic E-state index is 0.447. The second-order valence-electron chi connectivity index (χ2n) is 10.7. The van der Waals surface area contributed by atoms with Crippen molar-refractivity contribution in [1.29, 1.82) is 0 Å². The van der Waals surface area contributed by atoms with Crippen LogP contribution in [0.15, 0.2) is 44.2 Å². The number of aliphatic imine (C=N–C) groups is 1. The average Bonchev–Trinajstić information content (AvgIpc) is 3.51. The third-order valence-corrected chi connectivity index (χ3v) is 8.69. The molecule has 2 heterocycles. The summed E-state index contributed by atoms with van der Waals surface area (Å²) in [5, 5.41) is 4.23. The molecule has 3 rings (SSSR count). The maximum Gasteiger partial charge on any atom is 0.144 e. The largest absolute Gasteiger partial charge is 0.398 e. The first-order valence-electron chi connectivity index (χ1n) is 14.8. The van der Waals surface area contributed by atoms with Crippen molar-refractivity contribution in [3.05, 3.63) is 51.7 Å². The van der Waals surface area contributed by atoms with Crippen LogP contribution in [0.1, 0.15) is 129 Å². The van der Waals surface area contributed by atoms with E-state index in [1.165, 1.54) is 61.8 Å². The number of allylic oxidation sites excluding steroid dienone is 4. The molecule has 0 spiro atoms. The van der Waals surface area contributed by atoms with Crippen molar-refractivity contribution in [3.63, 3.8) is 0 Å². The molecule has 2 unspecified atom stereocenters. The van der Waals surface area contributed by atoms with E-state index < -0.39 is 0 Å². The number of thioether (sulfide) groups is 1. The van der Waals surface area contributed by atoms with Crippen molar-refractivity contribution in [1.82, 2.24) is 5.16 Å². The van der Waals surface area contributed by atoms with Gasteiger partial charge in [0.25, 0.3) is 0 Å². The second-order valence-corrected chi connectivity index (χ2v) is 11.8. The van der Waals surface area contributed by atoms with E-state index in [1.807, 2.05) is 25.6 Å². The first kappa shape index (κ1) is 32.4. The van der Waals surface area contributed by atoms with E-state index >= 15 is 0 Å². The van der Waals surface area contributed by atoms with Crippen molar-refractivity contribution in [2.75, 3.05) is 5.75 Å². The number of aryl methyl sites for hydroxylation is 1. The van der Waals surface area contributed by atoms with Gasteiger partial charge in [-0.25, -0.2) is 0 Å². The van der Waals surface area contributed by atoms with Crippen LogP contribution in [0.25, 0.3) is 0 Å². The summed E-state index contributed by atoms with van der Waals surface area (Å²) in [5.41, 5.74) is 12.7. The predicted octanol–water partition coefficient (Wildman–Crippen LogP) is 9.18. The monoisotopic (exact) mass is 543 g/mol. The van der Waals surface area contributed by atoms with Crippen LogP contribution >= 0.6 is 11.8 Å². The summed E-state index contributed by atoms with van der Waals surface area (Å²) in [6, 6.07) is 0. The van der Waals surface area contributed by atoms with E-state index in [1.54, 1.807) is 6.21 Å². The highest BCUT2D eigenvalue weighted by molar-refractivity contribution is 7.98. The number of nitrogens with zero attached hydrogens (tertiary/aromatic N) is 2. The zero-order valence-corrected chi connectivity index (χ0v) is 26.0. The van der Waals surface area contributed by atoms with Crippen LogP contribution in [0, 0.1) is 6.92 Å². The lowest BCUT2D eigenvalue weighted by molar-refractivity contribution is 0.0700. The minimum atomic E-state index is 0.447. The van der Waals surface area contributed by atoms with Crippen LogP contribution in [0.5, 0.6) is 0 Å². The van der Waals surface area contributed by atoms with Gasteiger partial charge in [-0.1, -0.05) is 56.8 Å². The molecule has 0 bridgehead atoms. The van der Waals surface area contributed by atoms with Crippen molar-refractivity contribution < 1.29 is 9.26 Å². The topological polar surface area (TPSA) is 73.6 Å². The van der Waals surface area contributed by atoms with Gasteiger partial charge in [-0.15, -0.1) is 0 Å². The number of ether oxygens (including phenoxy) is 1. The zero-order chi connectivity index (χ0) is 27.9. The summed E-state index contributed by atoms with van der Waals surface area (Å²) in [7, 11) is 0. The fourth-order valence-electron chi connectivity index (χ4n) is 5.02. The SMILES string of the molecule is CC=N/C(C)=C(/C=C\CCC)C(\N)=C(/C)CC.Cc1noc(C2CCCCC2)c1CSCC1CCC(C)O1. The number of nitrogens with two attached hydrogens (primary N) is 1. The van der Waals surface area contributed by atoms with Gasteiger partial charge in [0.05, 0.1) is 17.9 Å². The van der Waals surface area contributed by atoms with Gasteiger partial charge in [-0.05, 0) is 78.7 Å². The molecule has 6 heteroatoms. The van der Waals surface area contributed by atoms with Crippen molar-refractivity contribution >= 4 is 18.0 Å². The molecule has 1 aromatic heterocycles. The molecule has 1 saturated carbocycles. The molecule has 1 aliphatic heterocycles. The lowest BCUT2D eigenvalue weighted by atomic mass is 9.86. The first-order valence-corrected chi connectivity index (χ1v) is 16.0. The molecule has 0 amide bonds. The van der Waals surface area contributed by atoms with Crippen LogP contribution in [-0.4, -0.2) is 29.3 Å². The van der Waals surface area contributed by atoms with Gasteiger partial charge in [0.15, 0.2) is 0 Å². The summed E-state index contributed by atoms with van der Waals surface area (Å²) >= 11 is 1.98. The van der Waals surface area contributed by atoms with E-state index in [9.17, 15) is 0 Å². The Labute approximate surface area is 236 Å². The van der Waals surface area contributed by atoms with E-state index in [0.717, 1.165) is 53.4 Å². The lowest BCUT2D eigenvalue weighted by Crippen LogP contribution is -2.11. The third-order valence-electron chi connectivity index (χ3n) is 7.59. The lowest BCUT2D eigenvalue weighted by Gasteiger charge is -2.20. The molecule has 1 saturated heterocycles. The van der Waals surface area contributed by atoms with Gasteiger partial charge in [-0.2, -0.15) is 11.8 Å². The molecule has 5 nitrogen and oxygen atoms in total. The van der Waals surface area contributed by atoms with Gasteiger partial charge in [0.1, 0.15) is 5.76 Å². The Morgan fingerprint density at radius 3 is 2.47 bits per heavy atom. The molecular formula is C32H53N3O2S. The molecule has 1 aliphatic carbocycles. The molecule has 214 valence electrons. The summed E-state index contributed by atoms with van der Waals surface area (Å²) in [6.45, 7) is 14.5. The summed E-state index contributed by atoms with van der Waals surface area (Å²) < 4.78 is 11.6. The molecule has 1 aromatic rings. The van der Waals surface area contributed by atoms with Crippen LogP contribution in [0.3, 0.4) is 0 Å². The molecule has 2 aliphatic rings. The molecule has 2 N–H and O–H groups in total. The second kappa shape index (κ2) is 17.7. The zero-order valence-electron chi connectivity index (χ0n) is 25.1. The quantitative estimate of drug-likeness (QED) is 0.222. The summed E-state index contributed by atoms with van der Waals surface area (Å²) in [4.78, 5) is 4.33. The van der Waals surface area contributed by atoms with Gasteiger partial charge >= 0.3 is 0 Å². The smallest absolute Gasteiger partial charge is 0.144 e. The Bertz CT molecular complexity index is 954. The molecule has 38 heavy (non-hydrogen) atoms. The Hall–Kier alpha value is -1.79. The van der Waals surface area contributed by atoms with Crippen molar-refractivity contribution in [3.8, 4) is 0 Å². The molecule has 2 fully saturated rings. The van der Waals surface area contributed by atoms with E-state index in [2.05, 4.69) is 56.9 Å². The fraction of sp³-hybridized carbons (Fsp3) is 0.688. The third kappa shape index (κ3) is 10.4. The standard InChI is InChI=1S/C17H27NO2S.C15H26N2/c1-12-8-9-15(19-12)10-21-11-16-13(2)18-20-17(16)14-6-4-3-5-7-14;1-6-9-10-11-14(13(5)17-8-3)15(16)12(4)7-2/h12,14-15H,3-11H2,1-2H3;8,10-11H,6-7,9,16H2,1-5H3/b;11-10-,14-13-,15-12-,17-8?. The summed E-state index contributed by atoms with van der Waals surface area (Å²) in [5.74, 6) is 3.91. The number of unbranched alkanes of at least 4 members (excludes halogenated alkanes) is 1. The number of rotatable bonds is 11. The first-order chi connectivity index (χ1) is 18.3. The van der Waals surface area contributed by atoms with Crippen LogP contribution < -0.4 is 5.73 Å². The Morgan fingerprint density at radius 1 is 1.13 bits per heavy atom. The fourth-order valence-corrected chi connectivity index (χ4v) is 6.21. The van der Waals surface area contributed by atoms with Gasteiger partial charge in [-0.3, -0.25) is 4.99 Å². The van der Waals surface area contributed by atoms with Gasteiger partial charge in [0, 0.05) is 46.2 Å². The maximum atomic E-state index is 6.18. The van der Waals surface area contributed by atoms with Gasteiger partial charge < -0.3 is 15.0 Å². The van der Waals surface area contributed by atoms with Crippen molar-refractivity contribution in [2.24, 2.45) is 10.7 Å². The highest BCUT2D eigenvalue weighted by atomic mass is 32.2. The molecule has 2 atom stereocenters. The number of aromatic nitrogens is 1. The Morgan fingerprint density at radius 2 is 1.87 bits per heavy atom. The normalized spacial score (nSPS) is 22.0. The molecule has 0 radical (unpaired) electrons. The molecular weight excluding hydrogens is 490 g/mol. The van der Waals surface area contributed by atoms with E-state index in [-0.39, 0.29) is 0 Å². The van der Waals surface area contributed by atoms with Crippen LogP contribution in [0.4, 0.5) is 0 Å². The Kier molecular flexibility index (Phi) is 15.1.